The van der Waals surface area contributed by atoms with Crippen molar-refractivity contribution >= 4 is 0 Å². The Bertz CT molecular complexity index is 498. The maximum absolute atomic E-state index is 5.69. The van der Waals surface area contributed by atoms with Crippen molar-refractivity contribution in [2.45, 2.75) is 62.2 Å². The van der Waals surface area contributed by atoms with Crippen LogP contribution in [0.3, 0.4) is 0 Å². The topological polar surface area (TPSA) is 74.2 Å². The van der Waals surface area contributed by atoms with Gasteiger partial charge in [0.05, 0.1) is 56.5 Å². The molecule has 148 valence electrons. The molecule has 8 unspecified atom stereocenters. The summed E-state index contributed by atoms with van der Waals surface area (Å²) in [6.45, 7) is 3.78. The van der Waals surface area contributed by atoms with Crippen LogP contribution in [0, 0.1) is 23.7 Å². The van der Waals surface area contributed by atoms with E-state index in [4.69, 9.17) is 18.9 Å². The number of hydrogen-bond acceptors (Lipinski definition) is 6. The largest absolute Gasteiger partial charge is 0.373 e. The zero-order valence-corrected chi connectivity index (χ0v) is 16.1. The van der Waals surface area contributed by atoms with Crippen LogP contribution in [-0.4, -0.2) is 70.6 Å². The molecule has 0 amide bonds. The lowest BCUT2D eigenvalue weighted by atomic mass is 9.57. The highest BCUT2D eigenvalue weighted by Gasteiger charge is 2.55. The van der Waals surface area contributed by atoms with Crippen LogP contribution in [0.4, 0.5) is 0 Å². The Morgan fingerprint density at radius 3 is 1.65 bits per heavy atom. The van der Waals surface area contributed by atoms with Crippen molar-refractivity contribution in [1.29, 1.82) is 0 Å². The van der Waals surface area contributed by atoms with Gasteiger partial charge >= 0.3 is 0 Å². The van der Waals surface area contributed by atoms with Gasteiger partial charge in [-0.15, -0.1) is 0 Å². The van der Waals surface area contributed by atoms with Crippen molar-refractivity contribution in [3.63, 3.8) is 0 Å². The molecule has 1 saturated carbocycles. The molecule has 5 fully saturated rings. The van der Waals surface area contributed by atoms with E-state index < -0.39 is 0 Å². The summed E-state index contributed by atoms with van der Waals surface area (Å²) >= 11 is 0. The highest BCUT2D eigenvalue weighted by atomic mass is 16.6. The molecule has 4 aliphatic heterocycles. The Balaban J connectivity index is 1.44. The number of rotatable bonds is 10. The van der Waals surface area contributed by atoms with E-state index in [0.717, 1.165) is 39.3 Å². The summed E-state index contributed by atoms with van der Waals surface area (Å²) < 4.78 is 22.6. The monoisotopic (exact) mass is 366 g/mol. The van der Waals surface area contributed by atoms with Gasteiger partial charge in [-0.2, -0.15) is 0 Å². The fourth-order valence-electron chi connectivity index (χ4n) is 5.81. The highest BCUT2D eigenvalue weighted by molar-refractivity contribution is 5.06. The molecule has 6 nitrogen and oxygen atoms in total. The van der Waals surface area contributed by atoms with E-state index in [0.29, 0.717) is 48.1 Å². The Labute approximate surface area is 156 Å². The molecule has 5 rings (SSSR count). The average molecular weight is 367 g/mol. The third-order valence-electron chi connectivity index (χ3n) is 7.54. The first kappa shape index (κ1) is 17.8. The number of epoxide rings is 4. The van der Waals surface area contributed by atoms with Gasteiger partial charge in [-0.05, 0) is 69.9 Å². The van der Waals surface area contributed by atoms with Crippen LogP contribution in [0.5, 0.6) is 0 Å². The minimum absolute atomic E-state index is 0.0219. The second kappa shape index (κ2) is 6.98. The van der Waals surface area contributed by atoms with Gasteiger partial charge in [-0.25, -0.2) is 0 Å². The quantitative estimate of drug-likeness (QED) is 0.446. The van der Waals surface area contributed by atoms with Crippen molar-refractivity contribution < 1.29 is 18.9 Å². The molecule has 6 heteroatoms. The van der Waals surface area contributed by atoms with Gasteiger partial charge in [0.25, 0.3) is 0 Å². The maximum Gasteiger partial charge on any atom is 0.0813 e. The van der Waals surface area contributed by atoms with E-state index in [1.807, 2.05) is 0 Å². The summed E-state index contributed by atoms with van der Waals surface area (Å²) in [5.41, 5.74) is -0.0219. The molecule has 5 aliphatic rings. The van der Waals surface area contributed by atoms with Gasteiger partial charge in [0, 0.05) is 0 Å². The van der Waals surface area contributed by atoms with Crippen LogP contribution in [0.1, 0.15) is 32.1 Å². The molecule has 4 heterocycles. The normalized spacial score (nSPS) is 48.2. The van der Waals surface area contributed by atoms with Crippen molar-refractivity contribution in [2.75, 3.05) is 40.5 Å². The van der Waals surface area contributed by atoms with Crippen LogP contribution in [0.25, 0.3) is 0 Å². The summed E-state index contributed by atoms with van der Waals surface area (Å²) in [5.74, 6) is 2.59. The first-order chi connectivity index (χ1) is 12.7. The summed E-state index contributed by atoms with van der Waals surface area (Å²) in [7, 11) is 4.24. The molecule has 0 radical (unpaired) electrons. The standard InChI is InChI=1S/C20H34N2O4/c1-21-20(22-2)7-12(3-13-8-23-13)17(4-14-9-24-14)18(5-15-10-25-15)19(20)6-16-11-26-16/h12-19,21-22H,3-11H2,1-2H3. The zero-order chi connectivity index (χ0) is 17.7. The van der Waals surface area contributed by atoms with E-state index in [2.05, 4.69) is 24.7 Å². The molecule has 4 saturated heterocycles. The lowest BCUT2D eigenvalue weighted by molar-refractivity contribution is -0.0399. The zero-order valence-electron chi connectivity index (χ0n) is 16.1. The molecule has 0 aromatic rings. The first-order valence-corrected chi connectivity index (χ1v) is 10.5. The van der Waals surface area contributed by atoms with Crippen molar-refractivity contribution in [3.05, 3.63) is 0 Å². The molecule has 26 heavy (non-hydrogen) atoms. The van der Waals surface area contributed by atoms with Gasteiger partial charge in [-0.3, -0.25) is 0 Å². The molecule has 8 atom stereocenters. The van der Waals surface area contributed by atoms with Crippen molar-refractivity contribution in [1.82, 2.24) is 10.6 Å². The SMILES string of the molecule is CNC1(NC)CC(CC2CO2)C(CC2CO2)C(CC2CO2)C1CC1CO1. The number of hydrogen-bond donors (Lipinski definition) is 2. The Morgan fingerprint density at radius 2 is 1.15 bits per heavy atom. The fraction of sp³-hybridized carbons (Fsp3) is 1.00. The third kappa shape index (κ3) is 3.82. The van der Waals surface area contributed by atoms with Gasteiger partial charge in [0.1, 0.15) is 0 Å². The predicted molar refractivity (Wildman–Crippen MR) is 96.9 cm³/mol. The minimum Gasteiger partial charge on any atom is -0.373 e. The van der Waals surface area contributed by atoms with Crippen LogP contribution in [-0.2, 0) is 18.9 Å². The Kier molecular flexibility index (Phi) is 4.78. The summed E-state index contributed by atoms with van der Waals surface area (Å²) in [6, 6.07) is 0. The Hall–Kier alpha value is -0.240. The van der Waals surface area contributed by atoms with E-state index in [9.17, 15) is 0 Å². The van der Waals surface area contributed by atoms with Gasteiger partial charge in [-0.1, -0.05) is 0 Å². The molecular formula is C20H34N2O4. The van der Waals surface area contributed by atoms with Crippen molar-refractivity contribution in [3.8, 4) is 0 Å². The maximum atomic E-state index is 5.69. The summed E-state index contributed by atoms with van der Waals surface area (Å²) in [6.07, 6.45) is 7.77. The Morgan fingerprint density at radius 1 is 0.692 bits per heavy atom. The molecule has 0 spiro atoms. The highest BCUT2D eigenvalue weighted by Crippen LogP contribution is 2.53. The average Bonchev–Trinajstić information content (AvgIpc) is 3.45. The molecular weight excluding hydrogens is 332 g/mol. The van der Waals surface area contributed by atoms with E-state index in [1.54, 1.807) is 0 Å². The fourth-order valence-corrected chi connectivity index (χ4v) is 5.81. The van der Waals surface area contributed by atoms with Gasteiger partial charge in [0.2, 0.25) is 0 Å². The molecule has 1 aliphatic carbocycles. The van der Waals surface area contributed by atoms with Crippen LogP contribution >= 0.6 is 0 Å². The molecule has 2 N–H and O–H groups in total. The lowest BCUT2D eigenvalue weighted by Crippen LogP contribution is -2.66. The third-order valence-corrected chi connectivity index (χ3v) is 7.54. The summed E-state index contributed by atoms with van der Waals surface area (Å²) in [4.78, 5) is 0. The van der Waals surface area contributed by atoms with Gasteiger partial charge < -0.3 is 29.6 Å². The van der Waals surface area contributed by atoms with E-state index in [1.165, 1.54) is 19.3 Å². The van der Waals surface area contributed by atoms with E-state index in [-0.39, 0.29) is 5.66 Å². The number of nitrogens with one attached hydrogen (secondary N) is 2. The molecule has 0 bridgehead atoms. The van der Waals surface area contributed by atoms with Crippen LogP contribution in [0.2, 0.25) is 0 Å². The minimum atomic E-state index is -0.0219. The molecule has 0 aromatic heterocycles. The molecule has 0 aromatic carbocycles. The second-order valence-electron chi connectivity index (χ2n) is 9.13. The predicted octanol–water partition coefficient (Wildman–Crippen LogP) is 1.15. The second-order valence-corrected chi connectivity index (χ2v) is 9.13. The van der Waals surface area contributed by atoms with Crippen molar-refractivity contribution in [2.24, 2.45) is 23.7 Å². The van der Waals surface area contributed by atoms with Gasteiger partial charge in [0.15, 0.2) is 0 Å². The number of ether oxygens (including phenoxy) is 4. The lowest BCUT2D eigenvalue weighted by Gasteiger charge is -2.55. The first-order valence-electron chi connectivity index (χ1n) is 10.5. The van der Waals surface area contributed by atoms with Crippen LogP contribution in [0.15, 0.2) is 0 Å². The van der Waals surface area contributed by atoms with E-state index >= 15 is 0 Å². The smallest absolute Gasteiger partial charge is 0.0813 e. The van der Waals surface area contributed by atoms with Crippen LogP contribution < -0.4 is 10.6 Å². The summed E-state index contributed by atoms with van der Waals surface area (Å²) in [5, 5.41) is 7.42.